The highest BCUT2D eigenvalue weighted by Crippen LogP contribution is 2.34. The zero-order valence-electron chi connectivity index (χ0n) is 8.62. The summed E-state index contributed by atoms with van der Waals surface area (Å²) in [7, 11) is 1.59. The van der Waals surface area contributed by atoms with Crippen LogP contribution in [0, 0.1) is 11.3 Å². The average Bonchev–Trinajstić information content (AvgIpc) is 2.76. The van der Waals surface area contributed by atoms with E-state index in [1.807, 2.05) is 0 Å². The molecule has 0 radical (unpaired) electrons. The van der Waals surface area contributed by atoms with Gasteiger partial charge >= 0.3 is 0 Å². The quantitative estimate of drug-likeness (QED) is 0.864. The summed E-state index contributed by atoms with van der Waals surface area (Å²) in [6, 6.07) is 7.43. The number of nitrogens with zero attached hydrogens (tertiary/aromatic N) is 1. The molecule has 0 fully saturated rings. The van der Waals surface area contributed by atoms with Crippen molar-refractivity contribution in [2.24, 2.45) is 0 Å². The number of rotatable bonds is 2. The van der Waals surface area contributed by atoms with Crippen LogP contribution in [0.1, 0.15) is 5.56 Å². The van der Waals surface area contributed by atoms with Crippen LogP contribution in [0.2, 0.25) is 5.02 Å². The molecule has 0 unspecified atom stereocenters. The van der Waals surface area contributed by atoms with Crippen LogP contribution >= 0.6 is 11.6 Å². The Bertz CT molecular complexity index is 554. The lowest BCUT2D eigenvalue weighted by molar-refractivity contribution is 0.416. The summed E-state index contributed by atoms with van der Waals surface area (Å²) in [6.07, 6.45) is 3.41. The highest BCUT2D eigenvalue weighted by molar-refractivity contribution is 6.31. The molecule has 4 heteroatoms. The second-order valence-corrected chi connectivity index (χ2v) is 3.68. The second-order valence-electron chi connectivity index (χ2n) is 3.24. The standard InChI is InChI=1S/C12H9ClN2O/c1-16-12-3-2-9(13)4-10(12)11-7-15-6-8(11)5-14/h2-4,6-7,15H,1H3. The Morgan fingerprint density at radius 2 is 2.12 bits per heavy atom. The monoisotopic (exact) mass is 232 g/mol. The zero-order valence-corrected chi connectivity index (χ0v) is 9.38. The fourth-order valence-electron chi connectivity index (χ4n) is 1.57. The smallest absolute Gasteiger partial charge is 0.126 e. The number of aromatic amines is 1. The molecule has 1 heterocycles. The Kier molecular flexibility index (Phi) is 2.84. The number of ether oxygens (including phenoxy) is 1. The Hall–Kier alpha value is -1.92. The van der Waals surface area contributed by atoms with Crippen molar-refractivity contribution in [2.45, 2.75) is 0 Å². The molecular formula is C12H9ClN2O. The Morgan fingerprint density at radius 1 is 1.31 bits per heavy atom. The first-order valence-corrected chi connectivity index (χ1v) is 5.05. The fraction of sp³-hybridized carbons (Fsp3) is 0.0833. The summed E-state index contributed by atoms with van der Waals surface area (Å²) in [6.45, 7) is 0. The SMILES string of the molecule is COc1ccc(Cl)cc1-c1c[nH]cc1C#N. The van der Waals surface area contributed by atoms with Gasteiger partial charge in [-0.25, -0.2) is 0 Å². The third kappa shape index (κ3) is 1.75. The van der Waals surface area contributed by atoms with E-state index in [9.17, 15) is 0 Å². The summed E-state index contributed by atoms with van der Waals surface area (Å²) in [5.74, 6) is 0.695. The maximum atomic E-state index is 8.96. The number of nitrogens with one attached hydrogen (secondary N) is 1. The number of methoxy groups -OCH3 is 1. The largest absolute Gasteiger partial charge is 0.496 e. The Labute approximate surface area is 98.2 Å². The first-order valence-electron chi connectivity index (χ1n) is 4.67. The molecule has 2 rings (SSSR count). The van der Waals surface area contributed by atoms with Crippen LogP contribution in [0.5, 0.6) is 5.75 Å². The van der Waals surface area contributed by atoms with Crippen LogP contribution in [0.3, 0.4) is 0 Å². The molecule has 1 N–H and O–H groups in total. The number of nitriles is 1. The van der Waals surface area contributed by atoms with Gasteiger partial charge in [-0.2, -0.15) is 5.26 Å². The first-order chi connectivity index (χ1) is 7.76. The van der Waals surface area contributed by atoms with Crippen molar-refractivity contribution < 1.29 is 4.74 Å². The molecule has 1 aromatic carbocycles. The molecule has 0 amide bonds. The van der Waals surface area contributed by atoms with Gasteiger partial charge in [-0.05, 0) is 18.2 Å². The van der Waals surface area contributed by atoms with Crippen molar-refractivity contribution in [3.05, 3.63) is 41.2 Å². The van der Waals surface area contributed by atoms with Crippen molar-refractivity contribution in [1.29, 1.82) is 5.26 Å². The minimum Gasteiger partial charge on any atom is -0.496 e. The lowest BCUT2D eigenvalue weighted by Gasteiger charge is -2.07. The highest BCUT2D eigenvalue weighted by Gasteiger charge is 2.11. The summed E-state index contributed by atoms with van der Waals surface area (Å²) in [5, 5.41) is 9.57. The maximum Gasteiger partial charge on any atom is 0.126 e. The minimum atomic E-state index is 0.570. The van der Waals surface area contributed by atoms with E-state index in [2.05, 4.69) is 11.1 Å². The van der Waals surface area contributed by atoms with Crippen LogP contribution in [-0.2, 0) is 0 Å². The van der Waals surface area contributed by atoms with E-state index in [4.69, 9.17) is 21.6 Å². The van der Waals surface area contributed by atoms with E-state index < -0.39 is 0 Å². The summed E-state index contributed by atoms with van der Waals surface area (Å²) < 4.78 is 5.24. The van der Waals surface area contributed by atoms with Crippen LogP contribution in [0.25, 0.3) is 11.1 Å². The minimum absolute atomic E-state index is 0.570. The molecule has 0 saturated carbocycles. The Balaban J connectivity index is 2.63. The topological polar surface area (TPSA) is 48.8 Å². The predicted octanol–water partition coefficient (Wildman–Crippen LogP) is 3.22. The molecule has 80 valence electrons. The molecule has 0 spiro atoms. The lowest BCUT2D eigenvalue weighted by Crippen LogP contribution is -1.88. The van der Waals surface area contributed by atoms with E-state index in [-0.39, 0.29) is 0 Å². The summed E-state index contributed by atoms with van der Waals surface area (Å²) >= 11 is 5.94. The van der Waals surface area contributed by atoms with Crippen molar-refractivity contribution in [3.8, 4) is 22.9 Å². The summed E-state index contributed by atoms with van der Waals surface area (Å²) in [4.78, 5) is 2.90. The van der Waals surface area contributed by atoms with Gasteiger partial charge in [0, 0.05) is 28.5 Å². The van der Waals surface area contributed by atoms with Crippen LogP contribution in [0.4, 0.5) is 0 Å². The normalized spacial score (nSPS) is 9.81. The number of H-pyrrole nitrogens is 1. The van der Waals surface area contributed by atoms with E-state index in [0.717, 1.165) is 11.1 Å². The Morgan fingerprint density at radius 3 is 2.81 bits per heavy atom. The van der Waals surface area contributed by atoms with Gasteiger partial charge in [-0.1, -0.05) is 11.6 Å². The molecule has 16 heavy (non-hydrogen) atoms. The number of aromatic nitrogens is 1. The first kappa shape index (κ1) is 10.6. The van der Waals surface area contributed by atoms with Crippen molar-refractivity contribution in [2.75, 3.05) is 7.11 Å². The molecule has 0 aliphatic rings. The lowest BCUT2D eigenvalue weighted by atomic mass is 10.0. The van der Waals surface area contributed by atoms with E-state index >= 15 is 0 Å². The van der Waals surface area contributed by atoms with Crippen molar-refractivity contribution in [1.82, 2.24) is 4.98 Å². The molecular weight excluding hydrogens is 224 g/mol. The van der Waals surface area contributed by atoms with Crippen LogP contribution in [0.15, 0.2) is 30.6 Å². The van der Waals surface area contributed by atoms with Gasteiger partial charge in [-0.3, -0.25) is 0 Å². The zero-order chi connectivity index (χ0) is 11.5. The number of halogens is 1. The third-order valence-corrected chi connectivity index (χ3v) is 2.55. The average molecular weight is 233 g/mol. The molecule has 2 aromatic rings. The summed E-state index contributed by atoms with van der Waals surface area (Å²) in [5.41, 5.74) is 2.18. The highest BCUT2D eigenvalue weighted by atomic mass is 35.5. The molecule has 0 aliphatic carbocycles. The van der Waals surface area contributed by atoms with E-state index in [0.29, 0.717) is 16.3 Å². The van der Waals surface area contributed by atoms with Gasteiger partial charge < -0.3 is 9.72 Å². The maximum absolute atomic E-state index is 8.96. The van der Waals surface area contributed by atoms with Crippen LogP contribution in [-0.4, -0.2) is 12.1 Å². The molecule has 3 nitrogen and oxygen atoms in total. The van der Waals surface area contributed by atoms with Gasteiger partial charge in [0.15, 0.2) is 0 Å². The van der Waals surface area contributed by atoms with Gasteiger partial charge in [0.2, 0.25) is 0 Å². The second kappa shape index (κ2) is 4.30. The van der Waals surface area contributed by atoms with E-state index in [1.165, 1.54) is 0 Å². The van der Waals surface area contributed by atoms with E-state index in [1.54, 1.807) is 37.7 Å². The number of benzene rings is 1. The van der Waals surface area contributed by atoms with Crippen molar-refractivity contribution in [3.63, 3.8) is 0 Å². The van der Waals surface area contributed by atoms with Crippen molar-refractivity contribution >= 4 is 11.6 Å². The molecule has 0 atom stereocenters. The van der Waals surface area contributed by atoms with Gasteiger partial charge in [0.1, 0.15) is 11.8 Å². The van der Waals surface area contributed by atoms with Gasteiger partial charge in [0.25, 0.3) is 0 Å². The molecule has 0 aliphatic heterocycles. The predicted molar refractivity (Wildman–Crippen MR) is 62.5 cm³/mol. The number of hydrogen-bond donors (Lipinski definition) is 1. The van der Waals surface area contributed by atoms with Gasteiger partial charge in [0.05, 0.1) is 12.7 Å². The number of hydrogen-bond acceptors (Lipinski definition) is 2. The van der Waals surface area contributed by atoms with Gasteiger partial charge in [-0.15, -0.1) is 0 Å². The molecule has 0 saturated heterocycles. The fourth-order valence-corrected chi connectivity index (χ4v) is 1.74. The third-order valence-electron chi connectivity index (χ3n) is 2.32. The molecule has 0 bridgehead atoms. The van der Waals surface area contributed by atoms with Crippen LogP contribution < -0.4 is 4.74 Å². The molecule has 1 aromatic heterocycles.